The minimum atomic E-state index is -4.97. The van der Waals surface area contributed by atoms with Crippen molar-refractivity contribution in [3.63, 3.8) is 0 Å². The fourth-order valence-electron chi connectivity index (χ4n) is 13.6. The van der Waals surface area contributed by atoms with Gasteiger partial charge in [0.05, 0.1) is 26.4 Å². The van der Waals surface area contributed by atoms with Crippen LogP contribution in [0.4, 0.5) is 0 Å². The van der Waals surface area contributed by atoms with Gasteiger partial charge in [-0.3, -0.25) is 37.3 Å². The standard InChI is InChI=1S/C90H172O17P2/c1-7-10-12-14-16-18-20-22-24-25-26-27-28-29-33-37-40-44-48-54-60-66-72-87(92)100-78-85(106-89(94)75-69-63-56-50-46-42-38-34-31-30-32-36-39-43-47-53-59-65-71-83(6)9-3)80-104-108(96,97)102-76-84(91)77-103-109(98,99)105-81-86(79-101-88(93)73-67-61-57-51-52-58-64-70-82(4)5)107-90(95)74-68-62-55-49-45-41-35-23-21-19-17-15-13-11-8-2/h19,21,23,35,82-86,91H,7-18,20,22,24-34,36-81H2,1-6H3,(H,96,97)(H,98,99)/b21-19-,35-23-/t83?,84-,85-,86-/m1/s1. The molecule has 0 radical (unpaired) electrons. The van der Waals surface area contributed by atoms with Crippen LogP contribution in [0, 0.1) is 11.8 Å². The monoisotopic (exact) mass is 1590 g/mol. The van der Waals surface area contributed by atoms with E-state index in [1.165, 1.54) is 257 Å². The molecule has 0 saturated heterocycles. The fraction of sp³-hybridized carbons (Fsp3) is 0.911. The van der Waals surface area contributed by atoms with Crippen LogP contribution in [0.2, 0.25) is 0 Å². The minimum Gasteiger partial charge on any atom is -0.462 e. The van der Waals surface area contributed by atoms with Crippen LogP contribution in [-0.2, 0) is 65.4 Å². The van der Waals surface area contributed by atoms with E-state index in [4.69, 9.17) is 37.0 Å². The van der Waals surface area contributed by atoms with Crippen molar-refractivity contribution in [1.82, 2.24) is 0 Å². The average Bonchev–Trinajstić information content (AvgIpc) is 0.910. The van der Waals surface area contributed by atoms with E-state index in [1.54, 1.807) is 0 Å². The van der Waals surface area contributed by atoms with Crippen LogP contribution in [0.1, 0.15) is 459 Å². The number of hydrogen-bond acceptors (Lipinski definition) is 15. The maximum absolute atomic E-state index is 13.2. The molecule has 0 bridgehead atoms. The second-order valence-electron chi connectivity index (χ2n) is 32.4. The number of ether oxygens (including phenoxy) is 4. The highest BCUT2D eigenvalue weighted by Gasteiger charge is 2.31. The van der Waals surface area contributed by atoms with Crippen LogP contribution in [0.5, 0.6) is 0 Å². The van der Waals surface area contributed by atoms with Gasteiger partial charge in [-0.2, -0.15) is 0 Å². The lowest BCUT2D eigenvalue weighted by atomic mass is 9.99. The van der Waals surface area contributed by atoms with Gasteiger partial charge in [0, 0.05) is 25.7 Å². The molecule has 0 amide bonds. The third-order valence-electron chi connectivity index (χ3n) is 20.9. The van der Waals surface area contributed by atoms with Gasteiger partial charge < -0.3 is 33.8 Å². The Labute approximate surface area is 669 Å². The van der Waals surface area contributed by atoms with Crippen molar-refractivity contribution >= 4 is 39.5 Å². The van der Waals surface area contributed by atoms with Crippen LogP contribution >= 0.6 is 15.6 Å². The van der Waals surface area contributed by atoms with E-state index in [0.29, 0.717) is 31.6 Å². The van der Waals surface area contributed by atoms with Crippen LogP contribution in [0.25, 0.3) is 0 Å². The molecule has 17 nitrogen and oxygen atoms in total. The maximum atomic E-state index is 13.2. The van der Waals surface area contributed by atoms with E-state index in [2.05, 4.69) is 65.8 Å². The first kappa shape index (κ1) is 107. The van der Waals surface area contributed by atoms with Gasteiger partial charge in [-0.1, -0.05) is 406 Å². The summed E-state index contributed by atoms with van der Waals surface area (Å²) < 4.78 is 68.9. The van der Waals surface area contributed by atoms with E-state index >= 15 is 0 Å². The van der Waals surface area contributed by atoms with E-state index in [0.717, 1.165) is 115 Å². The number of phosphoric acid groups is 2. The molecule has 0 fully saturated rings. The lowest BCUT2D eigenvalue weighted by Crippen LogP contribution is -2.30. The predicted molar refractivity (Wildman–Crippen MR) is 451 cm³/mol. The molecule has 0 aliphatic heterocycles. The van der Waals surface area contributed by atoms with Gasteiger partial charge in [0.1, 0.15) is 19.3 Å². The van der Waals surface area contributed by atoms with Gasteiger partial charge in [-0.25, -0.2) is 9.13 Å². The fourth-order valence-corrected chi connectivity index (χ4v) is 15.1. The number of rotatable bonds is 87. The number of aliphatic hydroxyl groups excluding tert-OH is 1. The van der Waals surface area contributed by atoms with Gasteiger partial charge >= 0.3 is 39.5 Å². The highest BCUT2D eigenvalue weighted by molar-refractivity contribution is 7.47. The normalized spacial score (nSPS) is 14.1. The Bertz CT molecular complexity index is 2180. The molecule has 0 saturated carbocycles. The van der Waals surface area contributed by atoms with Crippen molar-refractivity contribution in [3.05, 3.63) is 24.3 Å². The number of phosphoric ester groups is 2. The number of allylic oxidation sites excluding steroid dienone is 4. The SMILES string of the molecule is CCCCCC/C=C\C=C/CCCCCCCC(=O)O[C@H](COC(=O)CCCCCCCCCC(C)C)COP(=O)(O)OC[C@H](O)COP(=O)(O)OC[C@@H](COC(=O)CCCCCCCCCCCCCCCCCCCCCCCC)OC(=O)CCCCCCCCCCCCCCCCCCCCC(C)CC. The largest absolute Gasteiger partial charge is 0.472 e. The average molecular weight is 1590 g/mol. The second-order valence-corrected chi connectivity index (χ2v) is 35.3. The van der Waals surface area contributed by atoms with E-state index in [-0.39, 0.29) is 25.7 Å². The van der Waals surface area contributed by atoms with Crippen molar-refractivity contribution in [3.8, 4) is 0 Å². The molecular formula is C90H172O17P2. The van der Waals surface area contributed by atoms with E-state index in [1.807, 2.05) is 0 Å². The quantitative estimate of drug-likeness (QED) is 0.0169. The maximum Gasteiger partial charge on any atom is 0.472 e. The molecular weight excluding hydrogens is 1410 g/mol. The van der Waals surface area contributed by atoms with Crippen molar-refractivity contribution in [2.45, 2.75) is 477 Å². The third kappa shape index (κ3) is 81.9. The van der Waals surface area contributed by atoms with Crippen LogP contribution in [0.3, 0.4) is 0 Å². The highest BCUT2D eigenvalue weighted by atomic mass is 31.2. The van der Waals surface area contributed by atoms with Crippen molar-refractivity contribution in [1.29, 1.82) is 0 Å². The first-order chi connectivity index (χ1) is 52.9. The Balaban J connectivity index is 5.23. The van der Waals surface area contributed by atoms with Crippen LogP contribution < -0.4 is 0 Å². The van der Waals surface area contributed by atoms with E-state index < -0.39 is 97.5 Å². The van der Waals surface area contributed by atoms with Gasteiger partial charge in [0.15, 0.2) is 12.2 Å². The Morgan fingerprint density at radius 2 is 0.541 bits per heavy atom. The molecule has 0 aliphatic carbocycles. The summed E-state index contributed by atoms with van der Waals surface area (Å²) in [5.41, 5.74) is 0. The number of unbranched alkanes of at least 4 members (excludes halogenated alkanes) is 53. The number of aliphatic hydroxyl groups is 1. The molecule has 0 aromatic carbocycles. The molecule has 19 heteroatoms. The highest BCUT2D eigenvalue weighted by Crippen LogP contribution is 2.45. The van der Waals surface area contributed by atoms with Crippen LogP contribution in [-0.4, -0.2) is 96.7 Å². The zero-order valence-corrected chi connectivity index (χ0v) is 73.1. The first-order valence-electron chi connectivity index (χ1n) is 45.8. The third-order valence-corrected chi connectivity index (χ3v) is 22.8. The zero-order chi connectivity index (χ0) is 79.9. The van der Waals surface area contributed by atoms with Crippen molar-refractivity contribution in [2.24, 2.45) is 11.8 Å². The minimum absolute atomic E-state index is 0.0846. The lowest BCUT2D eigenvalue weighted by molar-refractivity contribution is -0.161. The molecule has 109 heavy (non-hydrogen) atoms. The summed E-state index contributed by atoms with van der Waals surface area (Å²) in [5.74, 6) is -0.560. The van der Waals surface area contributed by atoms with Gasteiger partial charge in [0.2, 0.25) is 0 Å². The number of hydrogen-bond donors (Lipinski definition) is 3. The molecule has 0 heterocycles. The number of carbonyl (C=O) groups excluding carboxylic acids is 4. The predicted octanol–water partition coefficient (Wildman–Crippen LogP) is 27.3. The molecule has 0 rings (SSSR count). The van der Waals surface area contributed by atoms with Crippen molar-refractivity contribution < 1.29 is 80.2 Å². The topological polar surface area (TPSA) is 237 Å². The number of esters is 4. The lowest BCUT2D eigenvalue weighted by Gasteiger charge is -2.21. The molecule has 0 aromatic heterocycles. The van der Waals surface area contributed by atoms with E-state index in [9.17, 15) is 43.2 Å². The summed E-state index contributed by atoms with van der Waals surface area (Å²) in [4.78, 5) is 73.3. The second kappa shape index (κ2) is 80.7. The summed E-state index contributed by atoms with van der Waals surface area (Å²) in [6.07, 6.45) is 77.5. The molecule has 0 aliphatic rings. The summed E-state index contributed by atoms with van der Waals surface area (Å²) in [5, 5.41) is 10.7. The van der Waals surface area contributed by atoms with Gasteiger partial charge in [-0.15, -0.1) is 0 Å². The van der Waals surface area contributed by atoms with Crippen LogP contribution in [0.15, 0.2) is 24.3 Å². The van der Waals surface area contributed by atoms with Crippen molar-refractivity contribution in [2.75, 3.05) is 39.6 Å². The summed E-state index contributed by atoms with van der Waals surface area (Å²) in [7, 11) is -9.94. The molecule has 0 aromatic rings. The Hall–Kier alpha value is -2.46. The zero-order valence-electron chi connectivity index (χ0n) is 71.4. The molecule has 3 N–H and O–H groups in total. The summed E-state index contributed by atoms with van der Waals surface area (Å²) in [6, 6.07) is 0. The number of carbonyl (C=O) groups is 4. The molecule has 0 spiro atoms. The molecule has 644 valence electrons. The van der Waals surface area contributed by atoms with Gasteiger partial charge in [-0.05, 0) is 63.2 Å². The van der Waals surface area contributed by atoms with Gasteiger partial charge in [0.25, 0.3) is 0 Å². The first-order valence-corrected chi connectivity index (χ1v) is 48.8. The smallest absolute Gasteiger partial charge is 0.462 e. The Morgan fingerprint density at radius 1 is 0.303 bits per heavy atom. The Morgan fingerprint density at radius 3 is 0.826 bits per heavy atom. The summed E-state index contributed by atoms with van der Waals surface area (Å²) >= 11 is 0. The molecule has 6 atom stereocenters. The summed E-state index contributed by atoms with van der Waals surface area (Å²) in [6.45, 7) is 9.62. The Kier molecular flexibility index (Phi) is 78.9. The molecule has 3 unspecified atom stereocenters.